The topological polar surface area (TPSA) is 126 Å². The first-order valence-corrected chi connectivity index (χ1v) is 16.9. The van der Waals surface area contributed by atoms with E-state index >= 15 is 0 Å². The Hall–Kier alpha value is -6.31. The van der Waals surface area contributed by atoms with E-state index in [1.165, 1.54) is 24.3 Å². The number of carbonyl (C=O) groups excluding carboxylic acids is 2. The fraction of sp³-hybridized carbons (Fsp3) is 0.146. The molecule has 5 aromatic carbocycles. The first-order chi connectivity index (χ1) is 24.8. The minimum absolute atomic E-state index is 0.0169. The van der Waals surface area contributed by atoms with Crippen molar-refractivity contribution in [2.75, 3.05) is 11.9 Å². The zero-order valence-electron chi connectivity index (χ0n) is 27.1. The van der Waals surface area contributed by atoms with Gasteiger partial charge in [0.25, 0.3) is 0 Å². The summed E-state index contributed by atoms with van der Waals surface area (Å²) in [6.07, 6.45) is 0.760. The fourth-order valence-electron chi connectivity index (χ4n) is 6.87. The van der Waals surface area contributed by atoms with Crippen molar-refractivity contribution < 1.29 is 34.0 Å². The Labute approximate surface area is 298 Å². The Balaban J connectivity index is 0.919. The maximum atomic E-state index is 13.4. The number of esters is 2. The van der Waals surface area contributed by atoms with Gasteiger partial charge >= 0.3 is 11.9 Å². The minimum Gasteiger partial charge on any atom is -0.508 e. The Kier molecular flexibility index (Phi) is 8.05. The van der Waals surface area contributed by atoms with Crippen LogP contribution in [0.3, 0.4) is 0 Å². The van der Waals surface area contributed by atoms with Crippen LogP contribution in [-0.4, -0.2) is 33.8 Å². The van der Waals surface area contributed by atoms with E-state index in [1.807, 2.05) is 48.5 Å². The number of nitrogens with one attached hydrogen (secondary N) is 2. The van der Waals surface area contributed by atoms with Crippen molar-refractivity contribution in [3.05, 3.63) is 148 Å². The van der Waals surface area contributed by atoms with Gasteiger partial charge in [0, 0.05) is 70.6 Å². The summed E-state index contributed by atoms with van der Waals surface area (Å²) < 4.78 is 18.2. The highest BCUT2D eigenvalue weighted by molar-refractivity contribution is 7.80. The molecule has 0 saturated heterocycles. The highest BCUT2D eigenvalue weighted by Crippen LogP contribution is 2.57. The van der Waals surface area contributed by atoms with Crippen LogP contribution in [0.4, 0.5) is 5.69 Å². The lowest BCUT2D eigenvalue weighted by molar-refractivity contribution is -0.149. The number of fused-ring (bicyclic) bond motifs is 8. The molecule has 0 bridgehead atoms. The van der Waals surface area contributed by atoms with Crippen molar-refractivity contribution in [3.8, 4) is 34.8 Å². The monoisotopic (exact) mass is 694 g/mol. The fourth-order valence-corrected chi connectivity index (χ4v) is 7.09. The summed E-state index contributed by atoms with van der Waals surface area (Å²) in [4.78, 5) is 26.4. The average Bonchev–Trinajstić information content (AvgIpc) is 3.39. The number of anilines is 1. The molecule has 0 radical (unpaired) electrons. The SMILES string of the molecule is O=C(CCCNC(=S)Nc1ccc2c(c1)C(=O)OC21c2ccc(O)cc2Oc2cc(O)ccc21)OC1Cc2ccccc2C#Cc2ccccc21. The molecule has 0 fully saturated rings. The zero-order chi connectivity index (χ0) is 35.1. The molecule has 1 atom stereocenters. The quantitative estimate of drug-likeness (QED) is 0.0641. The van der Waals surface area contributed by atoms with Crippen LogP contribution < -0.4 is 15.4 Å². The van der Waals surface area contributed by atoms with E-state index in [4.69, 9.17) is 26.4 Å². The lowest BCUT2D eigenvalue weighted by Gasteiger charge is -2.36. The molecule has 1 spiro atoms. The highest BCUT2D eigenvalue weighted by atomic mass is 32.1. The predicted octanol–water partition coefficient (Wildman–Crippen LogP) is 6.97. The molecule has 9 nitrogen and oxygen atoms in total. The molecule has 252 valence electrons. The summed E-state index contributed by atoms with van der Waals surface area (Å²) in [6, 6.07) is 30.1. The van der Waals surface area contributed by atoms with Gasteiger partial charge in [0.15, 0.2) is 10.7 Å². The normalized spacial score (nSPS) is 15.5. The van der Waals surface area contributed by atoms with E-state index in [0.717, 1.165) is 22.3 Å². The van der Waals surface area contributed by atoms with Gasteiger partial charge in [-0.2, -0.15) is 0 Å². The minimum atomic E-state index is -1.35. The molecule has 2 aliphatic heterocycles. The molecule has 0 amide bonds. The number of phenolic OH excluding ortho intramolecular Hbond substituents is 2. The molecule has 0 aromatic heterocycles. The van der Waals surface area contributed by atoms with Gasteiger partial charge in [-0.05, 0) is 72.7 Å². The number of rotatable bonds is 6. The maximum Gasteiger partial charge on any atom is 0.340 e. The van der Waals surface area contributed by atoms with E-state index in [9.17, 15) is 19.8 Å². The number of phenols is 2. The van der Waals surface area contributed by atoms with Crippen molar-refractivity contribution in [3.63, 3.8) is 0 Å². The number of ether oxygens (including phenoxy) is 3. The van der Waals surface area contributed by atoms with E-state index in [2.05, 4.69) is 22.5 Å². The molecule has 0 saturated carbocycles. The smallest absolute Gasteiger partial charge is 0.340 e. The van der Waals surface area contributed by atoms with Gasteiger partial charge in [-0.1, -0.05) is 54.3 Å². The van der Waals surface area contributed by atoms with Crippen molar-refractivity contribution in [2.24, 2.45) is 0 Å². The number of hydrogen-bond acceptors (Lipinski definition) is 8. The zero-order valence-corrected chi connectivity index (χ0v) is 27.9. The molecular formula is C41H30N2O7S. The number of hydrogen-bond donors (Lipinski definition) is 4. The third kappa shape index (κ3) is 5.87. The van der Waals surface area contributed by atoms with E-state index in [1.54, 1.807) is 30.3 Å². The second kappa shape index (κ2) is 12.9. The van der Waals surface area contributed by atoms with Gasteiger partial charge in [-0.25, -0.2) is 4.79 Å². The Morgan fingerprint density at radius 1 is 0.863 bits per heavy atom. The van der Waals surface area contributed by atoms with Gasteiger partial charge in [-0.15, -0.1) is 0 Å². The van der Waals surface area contributed by atoms with Gasteiger partial charge < -0.3 is 35.1 Å². The summed E-state index contributed by atoms with van der Waals surface area (Å²) >= 11 is 5.53. The second-order valence-corrected chi connectivity index (χ2v) is 12.9. The molecule has 51 heavy (non-hydrogen) atoms. The Bertz CT molecular complexity index is 2270. The first kappa shape index (κ1) is 31.9. The lowest BCUT2D eigenvalue weighted by atomic mass is 9.77. The number of carbonyl (C=O) groups is 2. The molecule has 4 N–H and O–H groups in total. The average molecular weight is 695 g/mol. The summed E-state index contributed by atoms with van der Waals surface area (Å²) in [6.45, 7) is 0.417. The van der Waals surface area contributed by atoms with Gasteiger partial charge in [0.1, 0.15) is 29.1 Å². The van der Waals surface area contributed by atoms with Crippen molar-refractivity contribution in [1.29, 1.82) is 0 Å². The van der Waals surface area contributed by atoms with Crippen LogP contribution in [0.1, 0.15) is 68.2 Å². The first-order valence-electron chi connectivity index (χ1n) is 16.4. The van der Waals surface area contributed by atoms with Crippen LogP contribution in [0.2, 0.25) is 0 Å². The number of benzene rings is 5. The van der Waals surface area contributed by atoms with Crippen LogP contribution >= 0.6 is 12.2 Å². The van der Waals surface area contributed by atoms with E-state index < -0.39 is 17.7 Å². The lowest BCUT2D eigenvalue weighted by Crippen LogP contribution is -2.33. The summed E-state index contributed by atoms with van der Waals surface area (Å²) in [5.74, 6) is 6.19. The van der Waals surface area contributed by atoms with Crippen molar-refractivity contribution in [2.45, 2.75) is 31.0 Å². The second-order valence-electron chi connectivity index (χ2n) is 12.5. The van der Waals surface area contributed by atoms with Gasteiger partial charge in [0.05, 0.1) is 5.56 Å². The maximum absolute atomic E-state index is 13.4. The van der Waals surface area contributed by atoms with Crippen LogP contribution in [0.5, 0.6) is 23.0 Å². The molecule has 10 heteroatoms. The van der Waals surface area contributed by atoms with Crippen LogP contribution in [-0.2, 0) is 26.3 Å². The summed E-state index contributed by atoms with van der Waals surface area (Å²) in [5.41, 5.74) is 4.92. The third-order valence-corrected chi connectivity index (χ3v) is 9.46. The molecule has 8 rings (SSSR count). The number of thiocarbonyl (C=S) groups is 1. The van der Waals surface area contributed by atoms with Crippen LogP contribution in [0, 0.1) is 11.8 Å². The predicted molar refractivity (Wildman–Crippen MR) is 193 cm³/mol. The van der Waals surface area contributed by atoms with Gasteiger partial charge in [-0.3, -0.25) is 4.79 Å². The molecule has 5 aromatic rings. The Morgan fingerprint density at radius 2 is 1.53 bits per heavy atom. The van der Waals surface area contributed by atoms with E-state index in [0.29, 0.717) is 63.9 Å². The van der Waals surface area contributed by atoms with Crippen LogP contribution in [0.25, 0.3) is 0 Å². The molecule has 1 aliphatic carbocycles. The van der Waals surface area contributed by atoms with Crippen LogP contribution in [0.15, 0.2) is 103 Å². The van der Waals surface area contributed by atoms with E-state index in [-0.39, 0.29) is 23.9 Å². The van der Waals surface area contributed by atoms with Gasteiger partial charge in [0.2, 0.25) is 0 Å². The molecule has 1 unspecified atom stereocenters. The van der Waals surface area contributed by atoms with Crippen molar-refractivity contribution >= 4 is 35.0 Å². The summed E-state index contributed by atoms with van der Waals surface area (Å²) in [5, 5.41) is 26.9. The standard InChI is InChI=1S/C41H30N2O7S/c44-28-14-17-33-36(22-28)48-37-23-29(45)15-18-34(37)41(33)32-16-13-27(21-31(32)39(47)50-41)43-40(51)42-19-5-10-38(46)49-35-20-26-8-2-1-6-24(26)11-12-25-7-3-4-9-30(25)35/h1-4,6-9,13-18,21-23,35,44-45H,5,10,19-20H2,(H2,42,43,51). The molecular weight excluding hydrogens is 665 g/mol. The largest absolute Gasteiger partial charge is 0.508 e. The molecule has 2 heterocycles. The molecule has 3 aliphatic rings. The van der Waals surface area contributed by atoms with Crippen molar-refractivity contribution in [1.82, 2.24) is 5.32 Å². The third-order valence-electron chi connectivity index (χ3n) is 9.21. The number of aromatic hydroxyl groups is 2. The Morgan fingerprint density at radius 3 is 2.29 bits per heavy atom. The highest BCUT2D eigenvalue weighted by Gasteiger charge is 2.53. The summed E-state index contributed by atoms with van der Waals surface area (Å²) in [7, 11) is 0.